The Bertz CT molecular complexity index is 423. The van der Waals surface area contributed by atoms with Gasteiger partial charge >= 0.3 is 6.09 Å². The van der Waals surface area contributed by atoms with Gasteiger partial charge in [-0.1, -0.05) is 12.1 Å². The van der Waals surface area contributed by atoms with E-state index in [9.17, 15) is 9.18 Å². The zero-order valence-corrected chi connectivity index (χ0v) is 9.60. The molecular weight excluding hydrogens is 223 g/mol. The van der Waals surface area contributed by atoms with Crippen molar-refractivity contribution in [3.05, 3.63) is 35.6 Å². The Hall–Kier alpha value is -1.62. The molecule has 0 aromatic heterocycles. The largest absolute Gasteiger partial charge is 0.447 e. The number of hydrogen-bond acceptors (Lipinski definition) is 3. The Kier molecular flexibility index (Phi) is 3.28. The first kappa shape index (κ1) is 11.9. The molecule has 0 saturated carbocycles. The van der Waals surface area contributed by atoms with E-state index >= 15 is 0 Å². The summed E-state index contributed by atoms with van der Waals surface area (Å²) in [6, 6.07) is 5.81. The lowest BCUT2D eigenvalue weighted by Crippen LogP contribution is -2.37. The molecule has 2 rings (SSSR count). The minimum atomic E-state index is -0.392. The standard InChI is InChI=1S/C12H15FN2O2/c1-8(14)6-15-11(7-17-12(15)16)9-3-2-4-10(13)5-9/h2-5,8,11H,6-7,14H2,1H3. The lowest BCUT2D eigenvalue weighted by molar-refractivity contribution is 0.156. The van der Waals surface area contributed by atoms with Gasteiger partial charge in [-0.15, -0.1) is 0 Å². The van der Waals surface area contributed by atoms with E-state index in [0.29, 0.717) is 6.54 Å². The highest BCUT2D eigenvalue weighted by Gasteiger charge is 2.34. The molecule has 1 aromatic carbocycles. The highest BCUT2D eigenvalue weighted by atomic mass is 19.1. The highest BCUT2D eigenvalue weighted by Crippen LogP contribution is 2.27. The van der Waals surface area contributed by atoms with Gasteiger partial charge in [0.05, 0.1) is 6.04 Å². The normalized spacial score (nSPS) is 21.5. The lowest BCUT2D eigenvalue weighted by atomic mass is 10.1. The second-order valence-corrected chi connectivity index (χ2v) is 4.28. The fourth-order valence-corrected chi connectivity index (χ4v) is 1.95. The number of ether oxygens (including phenoxy) is 1. The van der Waals surface area contributed by atoms with Crippen molar-refractivity contribution in [3.63, 3.8) is 0 Å². The van der Waals surface area contributed by atoms with Gasteiger partial charge in [-0.2, -0.15) is 0 Å². The summed E-state index contributed by atoms with van der Waals surface area (Å²) < 4.78 is 18.1. The third-order valence-electron chi connectivity index (χ3n) is 2.69. The van der Waals surface area contributed by atoms with Crippen LogP contribution in [-0.2, 0) is 4.74 Å². The number of nitrogens with two attached hydrogens (primary N) is 1. The predicted octanol–water partition coefficient (Wildman–Crippen LogP) is 1.67. The predicted molar refractivity (Wildman–Crippen MR) is 60.8 cm³/mol. The van der Waals surface area contributed by atoms with Crippen molar-refractivity contribution < 1.29 is 13.9 Å². The summed E-state index contributed by atoms with van der Waals surface area (Å²) in [5.74, 6) is -0.317. The lowest BCUT2D eigenvalue weighted by Gasteiger charge is -2.23. The molecule has 1 amide bonds. The van der Waals surface area contributed by atoms with E-state index in [-0.39, 0.29) is 24.5 Å². The summed E-state index contributed by atoms with van der Waals surface area (Å²) in [6.07, 6.45) is -0.392. The van der Waals surface area contributed by atoms with Crippen LogP contribution >= 0.6 is 0 Å². The number of cyclic esters (lactones) is 1. The molecule has 17 heavy (non-hydrogen) atoms. The van der Waals surface area contributed by atoms with Crippen LogP contribution in [0.3, 0.4) is 0 Å². The van der Waals surface area contributed by atoms with Crippen molar-refractivity contribution in [3.8, 4) is 0 Å². The van der Waals surface area contributed by atoms with Crippen LogP contribution in [0.4, 0.5) is 9.18 Å². The van der Waals surface area contributed by atoms with E-state index in [1.54, 1.807) is 17.0 Å². The summed E-state index contributed by atoms with van der Waals surface area (Å²) in [5, 5.41) is 0. The van der Waals surface area contributed by atoms with Crippen LogP contribution in [0.1, 0.15) is 18.5 Å². The number of carbonyl (C=O) groups is 1. The molecule has 0 aliphatic carbocycles. The Labute approximate surface area is 99.2 Å². The maximum atomic E-state index is 13.1. The smallest absolute Gasteiger partial charge is 0.410 e. The van der Waals surface area contributed by atoms with Gasteiger partial charge in [-0.25, -0.2) is 9.18 Å². The average Bonchev–Trinajstić information content (AvgIpc) is 2.60. The molecule has 1 aliphatic rings. The van der Waals surface area contributed by atoms with Gasteiger partial charge in [0.25, 0.3) is 0 Å². The number of amides is 1. The van der Waals surface area contributed by atoms with Crippen LogP contribution in [0.15, 0.2) is 24.3 Å². The molecule has 92 valence electrons. The summed E-state index contributed by atoms with van der Waals surface area (Å²) in [4.78, 5) is 13.1. The van der Waals surface area contributed by atoms with Crippen LogP contribution in [0.2, 0.25) is 0 Å². The molecule has 0 spiro atoms. The van der Waals surface area contributed by atoms with Gasteiger partial charge in [0.2, 0.25) is 0 Å². The molecule has 4 nitrogen and oxygen atoms in total. The third kappa shape index (κ3) is 2.55. The molecule has 0 bridgehead atoms. The van der Waals surface area contributed by atoms with Gasteiger partial charge in [0.15, 0.2) is 0 Å². The first-order chi connectivity index (χ1) is 8.08. The van der Waals surface area contributed by atoms with Crippen molar-refractivity contribution in [2.75, 3.05) is 13.2 Å². The van der Waals surface area contributed by atoms with Crippen molar-refractivity contribution in [2.24, 2.45) is 5.73 Å². The van der Waals surface area contributed by atoms with Crippen LogP contribution in [0.25, 0.3) is 0 Å². The van der Waals surface area contributed by atoms with Gasteiger partial charge in [-0.3, -0.25) is 4.90 Å². The number of carbonyl (C=O) groups excluding carboxylic acids is 1. The van der Waals surface area contributed by atoms with Crippen molar-refractivity contribution in [2.45, 2.75) is 19.0 Å². The third-order valence-corrected chi connectivity index (χ3v) is 2.69. The van der Waals surface area contributed by atoms with Gasteiger partial charge < -0.3 is 10.5 Å². The fourth-order valence-electron chi connectivity index (χ4n) is 1.95. The molecule has 2 atom stereocenters. The fraction of sp³-hybridized carbons (Fsp3) is 0.417. The number of halogens is 1. The zero-order chi connectivity index (χ0) is 12.4. The summed E-state index contributed by atoms with van der Waals surface area (Å²) in [5.41, 5.74) is 6.41. The maximum Gasteiger partial charge on any atom is 0.410 e. The Morgan fingerprint density at radius 3 is 3.06 bits per heavy atom. The van der Waals surface area contributed by atoms with E-state index in [2.05, 4.69) is 0 Å². The van der Waals surface area contributed by atoms with Gasteiger partial charge in [0.1, 0.15) is 12.4 Å². The monoisotopic (exact) mass is 238 g/mol. The minimum absolute atomic E-state index is 0.142. The van der Waals surface area contributed by atoms with E-state index < -0.39 is 6.09 Å². The van der Waals surface area contributed by atoms with E-state index in [1.165, 1.54) is 12.1 Å². The number of hydrogen-bond donors (Lipinski definition) is 1. The summed E-state index contributed by atoms with van der Waals surface area (Å²) in [7, 11) is 0. The van der Waals surface area contributed by atoms with Gasteiger partial charge in [0, 0.05) is 12.6 Å². The minimum Gasteiger partial charge on any atom is -0.447 e. The summed E-state index contributed by atoms with van der Waals surface area (Å²) >= 11 is 0. The first-order valence-electron chi connectivity index (χ1n) is 5.52. The first-order valence-corrected chi connectivity index (χ1v) is 5.52. The number of rotatable bonds is 3. The Morgan fingerprint density at radius 2 is 2.41 bits per heavy atom. The zero-order valence-electron chi connectivity index (χ0n) is 9.60. The molecule has 1 aromatic rings. The van der Waals surface area contributed by atoms with E-state index in [4.69, 9.17) is 10.5 Å². The van der Waals surface area contributed by atoms with Crippen LogP contribution in [0.5, 0.6) is 0 Å². The molecule has 1 saturated heterocycles. The topological polar surface area (TPSA) is 55.6 Å². The van der Waals surface area contributed by atoms with Gasteiger partial charge in [-0.05, 0) is 24.6 Å². The van der Waals surface area contributed by atoms with Crippen LogP contribution < -0.4 is 5.73 Å². The van der Waals surface area contributed by atoms with Crippen molar-refractivity contribution in [1.29, 1.82) is 0 Å². The van der Waals surface area contributed by atoms with Crippen LogP contribution in [0, 0.1) is 5.82 Å². The quantitative estimate of drug-likeness (QED) is 0.871. The Balaban J connectivity index is 2.22. The second kappa shape index (κ2) is 4.71. The number of benzene rings is 1. The number of nitrogens with zero attached hydrogens (tertiary/aromatic N) is 1. The maximum absolute atomic E-state index is 13.1. The van der Waals surface area contributed by atoms with Crippen molar-refractivity contribution >= 4 is 6.09 Å². The molecule has 1 fully saturated rings. The second-order valence-electron chi connectivity index (χ2n) is 4.28. The molecule has 0 radical (unpaired) electrons. The van der Waals surface area contributed by atoms with E-state index in [1.807, 2.05) is 6.92 Å². The Morgan fingerprint density at radius 1 is 1.65 bits per heavy atom. The molecule has 2 unspecified atom stereocenters. The molecule has 2 N–H and O–H groups in total. The molecule has 1 aliphatic heterocycles. The highest BCUT2D eigenvalue weighted by molar-refractivity contribution is 5.70. The molecule has 5 heteroatoms. The van der Waals surface area contributed by atoms with E-state index in [0.717, 1.165) is 5.56 Å². The molecular formula is C12H15FN2O2. The van der Waals surface area contributed by atoms with Crippen molar-refractivity contribution in [1.82, 2.24) is 4.90 Å². The van der Waals surface area contributed by atoms with Crippen LogP contribution in [-0.4, -0.2) is 30.2 Å². The average molecular weight is 238 g/mol. The summed E-state index contributed by atoms with van der Waals surface area (Å²) in [6.45, 7) is 2.46. The SMILES string of the molecule is CC(N)CN1C(=O)OCC1c1cccc(F)c1. The molecule has 1 heterocycles.